The Hall–Kier alpha value is -0.850. The molecule has 0 aliphatic rings. The van der Waals surface area contributed by atoms with Gasteiger partial charge in [-0.3, -0.25) is 0 Å². The van der Waals surface area contributed by atoms with E-state index in [9.17, 15) is 4.79 Å². The summed E-state index contributed by atoms with van der Waals surface area (Å²) in [5.74, 6) is 0.574. The minimum Gasteiger partial charge on any atom is -0.303 e. The number of rotatable bonds is 4. The van der Waals surface area contributed by atoms with E-state index in [-0.39, 0.29) is 0 Å². The fourth-order valence-corrected chi connectivity index (χ4v) is 1.15. The lowest BCUT2D eigenvalue weighted by Gasteiger charge is -1.99. The predicted molar refractivity (Wildman–Crippen MR) is 53.0 cm³/mol. The van der Waals surface area contributed by atoms with E-state index in [0.29, 0.717) is 12.3 Å². The van der Waals surface area contributed by atoms with Crippen molar-refractivity contribution < 1.29 is 4.79 Å². The lowest BCUT2D eigenvalue weighted by molar-refractivity contribution is -0.107. The first-order chi connectivity index (χ1) is 5.56. The summed E-state index contributed by atoms with van der Waals surface area (Å²) in [6.07, 6.45) is 5.74. The van der Waals surface area contributed by atoms with Gasteiger partial charge in [-0.1, -0.05) is 37.1 Å². The third-order valence-electron chi connectivity index (χ3n) is 1.48. The summed E-state index contributed by atoms with van der Waals surface area (Å²) in [4.78, 5) is 10.2. The molecule has 0 bridgehead atoms. The van der Waals surface area contributed by atoms with E-state index in [1.165, 1.54) is 5.57 Å². The summed E-state index contributed by atoms with van der Waals surface area (Å²) in [6.45, 7) is 8.33. The van der Waals surface area contributed by atoms with E-state index in [0.717, 1.165) is 11.9 Å². The normalized spacial score (nSPS) is 13.8. The molecule has 0 aliphatic carbocycles. The third-order valence-corrected chi connectivity index (χ3v) is 1.48. The number of allylic oxidation sites excluding steroid dienone is 4. The highest BCUT2D eigenvalue weighted by molar-refractivity contribution is 5.54. The van der Waals surface area contributed by atoms with E-state index < -0.39 is 0 Å². The van der Waals surface area contributed by atoms with Crippen molar-refractivity contribution in [3.63, 3.8) is 0 Å². The van der Waals surface area contributed by atoms with Gasteiger partial charge in [-0.15, -0.1) is 0 Å². The topological polar surface area (TPSA) is 17.1 Å². The molecule has 0 saturated carbocycles. The number of aldehydes is 1. The Morgan fingerprint density at radius 3 is 2.33 bits per heavy atom. The zero-order valence-electron chi connectivity index (χ0n) is 8.42. The zero-order chi connectivity index (χ0) is 9.56. The Bertz CT molecular complexity index is 197. The highest BCUT2D eigenvalue weighted by Gasteiger charge is 1.90. The van der Waals surface area contributed by atoms with Crippen LogP contribution in [0.1, 0.15) is 34.1 Å². The summed E-state index contributed by atoms with van der Waals surface area (Å²) in [5, 5.41) is 0. The minimum atomic E-state index is 0.545. The molecule has 0 unspecified atom stereocenters. The van der Waals surface area contributed by atoms with Crippen LogP contribution in [0.5, 0.6) is 0 Å². The Labute approximate surface area is 75.2 Å². The molecule has 0 heterocycles. The molecule has 0 aromatic rings. The highest BCUT2D eigenvalue weighted by Crippen LogP contribution is 2.07. The van der Waals surface area contributed by atoms with E-state index in [1.54, 1.807) is 0 Å². The van der Waals surface area contributed by atoms with Crippen molar-refractivity contribution in [2.75, 3.05) is 0 Å². The first-order valence-electron chi connectivity index (χ1n) is 4.35. The predicted octanol–water partition coefficient (Wildman–Crippen LogP) is 3.12. The van der Waals surface area contributed by atoms with Crippen molar-refractivity contribution in [3.05, 3.63) is 23.3 Å². The van der Waals surface area contributed by atoms with Gasteiger partial charge in [0.05, 0.1) is 0 Å². The Kier molecular flexibility index (Phi) is 5.35. The summed E-state index contributed by atoms with van der Waals surface area (Å²) < 4.78 is 0. The Morgan fingerprint density at radius 1 is 1.33 bits per heavy atom. The highest BCUT2D eigenvalue weighted by atomic mass is 16.1. The number of hydrogen-bond acceptors (Lipinski definition) is 1. The maximum atomic E-state index is 10.2. The molecule has 12 heavy (non-hydrogen) atoms. The SMILES string of the molecule is CC(=CC(C)C)C=C(C)CC=O. The van der Waals surface area contributed by atoms with Gasteiger partial charge in [0.2, 0.25) is 0 Å². The van der Waals surface area contributed by atoms with E-state index in [1.807, 2.05) is 6.92 Å². The van der Waals surface area contributed by atoms with Gasteiger partial charge in [-0.2, -0.15) is 0 Å². The van der Waals surface area contributed by atoms with Crippen molar-refractivity contribution in [1.29, 1.82) is 0 Å². The van der Waals surface area contributed by atoms with Crippen molar-refractivity contribution >= 4 is 6.29 Å². The lowest BCUT2D eigenvalue weighted by atomic mass is 10.1. The number of hydrogen-bond donors (Lipinski definition) is 0. The summed E-state index contributed by atoms with van der Waals surface area (Å²) in [6, 6.07) is 0. The molecule has 0 aromatic carbocycles. The molecular weight excluding hydrogens is 148 g/mol. The van der Waals surface area contributed by atoms with Crippen molar-refractivity contribution in [3.8, 4) is 0 Å². The van der Waals surface area contributed by atoms with Crippen molar-refractivity contribution in [2.24, 2.45) is 5.92 Å². The van der Waals surface area contributed by atoms with Crippen LogP contribution < -0.4 is 0 Å². The van der Waals surface area contributed by atoms with E-state index in [2.05, 4.69) is 32.9 Å². The van der Waals surface area contributed by atoms with Crippen LogP contribution in [0.25, 0.3) is 0 Å². The Balaban J connectivity index is 4.21. The molecule has 0 aromatic heterocycles. The molecule has 0 rings (SSSR count). The van der Waals surface area contributed by atoms with Gasteiger partial charge in [-0.05, 0) is 19.8 Å². The van der Waals surface area contributed by atoms with Gasteiger partial charge in [-0.25, -0.2) is 0 Å². The number of carbonyl (C=O) groups excluding carboxylic acids is 1. The molecule has 1 heteroatoms. The second-order valence-corrected chi connectivity index (χ2v) is 3.52. The van der Waals surface area contributed by atoms with Gasteiger partial charge in [0.1, 0.15) is 6.29 Å². The van der Waals surface area contributed by atoms with Crippen LogP contribution in [0, 0.1) is 5.92 Å². The van der Waals surface area contributed by atoms with E-state index >= 15 is 0 Å². The van der Waals surface area contributed by atoms with Crippen LogP contribution in [0.2, 0.25) is 0 Å². The molecule has 0 radical (unpaired) electrons. The Morgan fingerprint density at radius 2 is 1.92 bits per heavy atom. The lowest BCUT2D eigenvalue weighted by Crippen LogP contribution is -1.83. The third kappa shape index (κ3) is 5.90. The molecule has 0 N–H and O–H groups in total. The molecule has 68 valence electrons. The average molecular weight is 166 g/mol. The summed E-state index contributed by atoms with van der Waals surface area (Å²) >= 11 is 0. The standard InChI is InChI=1S/C11H18O/c1-9(2)7-11(4)8-10(3)5-6-12/h6-9H,5H2,1-4H3. The molecular formula is C11H18O. The molecule has 0 fully saturated rings. The molecule has 0 aliphatic heterocycles. The van der Waals surface area contributed by atoms with Crippen LogP contribution in [0.4, 0.5) is 0 Å². The fourth-order valence-electron chi connectivity index (χ4n) is 1.15. The monoisotopic (exact) mass is 166 g/mol. The van der Waals surface area contributed by atoms with Crippen LogP contribution in [-0.2, 0) is 4.79 Å². The molecule has 0 saturated heterocycles. The van der Waals surface area contributed by atoms with Crippen LogP contribution in [0.15, 0.2) is 23.3 Å². The molecule has 0 spiro atoms. The second-order valence-electron chi connectivity index (χ2n) is 3.52. The van der Waals surface area contributed by atoms with Crippen molar-refractivity contribution in [2.45, 2.75) is 34.1 Å². The van der Waals surface area contributed by atoms with Gasteiger partial charge < -0.3 is 4.79 Å². The first-order valence-corrected chi connectivity index (χ1v) is 4.35. The maximum absolute atomic E-state index is 10.2. The summed E-state index contributed by atoms with van der Waals surface area (Å²) in [7, 11) is 0. The molecule has 0 amide bonds. The van der Waals surface area contributed by atoms with Gasteiger partial charge in [0.25, 0.3) is 0 Å². The van der Waals surface area contributed by atoms with Crippen LogP contribution in [-0.4, -0.2) is 6.29 Å². The first kappa shape index (κ1) is 11.2. The fraction of sp³-hybridized carbons (Fsp3) is 0.545. The van der Waals surface area contributed by atoms with Crippen LogP contribution >= 0.6 is 0 Å². The van der Waals surface area contributed by atoms with Gasteiger partial charge in [0, 0.05) is 6.42 Å². The van der Waals surface area contributed by atoms with E-state index in [4.69, 9.17) is 0 Å². The number of carbonyl (C=O) groups is 1. The van der Waals surface area contributed by atoms with Crippen molar-refractivity contribution in [1.82, 2.24) is 0 Å². The summed E-state index contributed by atoms with van der Waals surface area (Å²) in [5.41, 5.74) is 2.36. The minimum absolute atomic E-state index is 0.545. The average Bonchev–Trinajstić information content (AvgIpc) is 1.84. The van der Waals surface area contributed by atoms with Crippen LogP contribution in [0.3, 0.4) is 0 Å². The largest absolute Gasteiger partial charge is 0.303 e. The molecule has 0 atom stereocenters. The second kappa shape index (κ2) is 5.76. The van der Waals surface area contributed by atoms with Gasteiger partial charge in [0.15, 0.2) is 0 Å². The smallest absolute Gasteiger partial charge is 0.124 e. The quantitative estimate of drug-likeness (QED) is 0.463. The zero-order valence-corrected chi connectivity index (χ0v) is 8.42. The van der Waals surface area contributed by atoms with Gasteiger partial charge >= 0.3 is 0 Å². The maximum Gasteiger partial charge on any atom is 0.124 e. The molecule has 1 nitrogen and oxygen atoms in total.